The second-order valence-electron chi connectivity index (χ2n) is 10.5. The highest BCUT2D eigenvalue weighted by Gasteiger charge is 2.41. The summed E-state index contributed by atoms with van der Waals surface area (Å²) in [5, 5.41) is 0. The number of hydrogen-bond donors (Lipinski definition) is 2. The van der Waals surface area contributed by atoms with Gasteiger partial charge in [0.05, 0.1) is 7.11 Å². The molecule has 1 aliphatic carbocycles. The van der Waals surface area contributed by atoms with Crippen LogP contribution < -0.4 is 4.74 Å². The highest BCUT2D eigenvalue weighted by atomic mass is 31.2. The van der Waals surface area contributed by atoms with Gasteiger partial charge in [-0.25, -0.2) is 0 Å². The topological polar surface area (TPSA) is 83.8 Å². The predicted octanol–water partition coefficient (Wildman–Crippen LogP) is 5.61. The second-order valence-corrected chi connectivity index (χ2v) is 12.2. The van der Waals surface area contributed by atoms with Gasteiger partial charge in [0, 0.05) is 11.1 Å². The molecule has 1 aromatic rings. The third-order valence-electron chi connectivity index (χ3n) is 5.87. The van der Waals surface area contributed by atoms with Gasteiger partial charge in [0.2, 0.25) is 0 Å². The van der Waals surface area contributed by atoms with Gasteiger partial charge in [-0.05, 0) is 53.4 Å². The molecule has 0 radical (unpaired) electrons. The Morgan fingerprint density at radius 1 is 1.07 bits per heavy atom. The Kier molecular flexibility index (Phi) is 7.44. The first-order valence-electron chi connectivity index (χ1n) is 10.7. The average molecular weight is 437 g/mol. The Balaban J connectivity index is 2.49. The fraction of sp³-hybridized carbons (Fsp3) is 0.625. The van der Waals surface area contributed by atoms with E-state index in [1.807, 2.05) is 12.1 Å². The average Bonchev–Trinajstić information content (AvgIpc) is 3.10. The maximum Gasteiger partial charge on any atom is 0.336 e. The molecular formula is C24H37O5P. The van der Waals surface area contributed by atoms with Crippen molar-refractivity contribution in [1.82, 2.24) is 0 Å². The Morgan fingerprint density at radius 2 is 1.53 bits per heavy atom. The van der Waals surface area contributed by atoms with Crippen molar-refractivity contribution in [2.75, 3.05) is 7.11 Å². The maximum absolute atomic E-state index is 12.8. The number of benzene rings is 1. The summed E-state index contributed by atoms with van der Waals surface area (Å²) in [7, 11) is -2.84. The van der Waals surface area contributed by atoms with E-state index >= 15 is 0 Å². The van der Waals surface area contributed by atoms with E-state index in [-0.39, 0.29) is 16.7 Å². The van der Waals surface area contributed by atoms with Crippen LogP contribution in [0.2, 0.25) is 0 Å². The van der Waals surface area contributed by atoms with Gasteiger partial charge < -0.3 is 14.5 Å². The molecule has 1 unspecified atom stereocenters. The lowest BCUT2D eigenvalue weighted by molar-refractivity contribution is -0.115. The normalized spacial score (nSPS) is 17.5. The zero-order chi connectivity index (χ0) is 22.9. The summed E-state index contributed by atoms with van der Waals surface area (Å²) in [5.41, 5.74) is 1.32. The largest absolute Gasteiger partial charge is 0.496 e. The lowest BCUT2D eigenvalue weighted by Gasteiger charge is -2.29. The van der Waals surface area contributed by atoms with Crippen LogP contribution in [0.15, 0.2) is 18.2 Å². The number of methoxy groups -OCH3 is 1. The number of ketones is 1. The van der Waals surface area contributed by atoms with Gasteiger partial charge in [-0.15, -0.1) is 0 Å². The van der Waals surface area contributed by atoms with Gasteiger partial charge in [0.1, 0.15) is 11.4 Å². The Morgan fingerprint density at radius 3 is 1.90 bits per heavy atom. The van der Waals surface area contributed by atoms with Crippen LogP contribution in [0.1, 0.15) is 83.9 Å². The first kappa shape index (κ1) is 24.8. The quantitative estimate of drug-likeness (QED) is 0.447. The minimum atomic E-state index is -4.51. The van der Waals surface area contributed by atoms with Crippen LogP contribution in [-0.4, -0.2) is 28.3 Å². The molecule has 2 rings (SSSR count). The summed E-state index contributed by atoms with van der Waals surface area (Å²) in [6.07, 6.45) is 6.26. The molecule has 6 heteroatoms. The first-order valence-corrected chi connectivity index (χ1v) is 12.3. The molecule has 0 bridgehead atoms. The van der Waals surface area contributed by atoms with Crippen molar-refractivity contribution in [1.29, 1.82) is 0 Å². The minimum absolute atomic E-state index is 0.169. The van der Waals surface area contributed by atoms with Gasteiger partial charge in [0.25, 0.3) is 0 Å². The molecule has 30 heavy (non-hydrogen) atoms. The number of carbonyl (C=O) groups is 1. The second kappa shape index (κ2) is 8.98. The summed E-state index contributed by atoms with van der Waals surface area (Å²) in [6, 6.07) is 4.00. The molecule has 0 aliphatic heterocycles. The smallest absolute Gasteiger partial charge is 0.336 e. The standard InChI is InChI=1S/C24H37O5P/c1-23(2,3)18-14-16(15-19(21(18)29-7)24(4,5)6)12-13-20(25)22(30(26,27)28)17-10-8-9-11-17/h12-15,17,22H,8-11H2,1-7H3,(H2,26,27,28)/b13-12+. The zero-order valence-corrected chi connectivity index (χ0v) is 20.3. The molecule has 5 nitrogen and oxygen atoms in total. The van der Waals surface area contributed by atoms with Crippen molar-refractivity contribution in [2.24, 2.45) is 5.92 Å². The predicted molar refractivity (Wildman–Crippen MR) is 122 cm³/mol. The van der Waals surface area contributed by atoms with E-state index in [0.717, 1.165) is 35.3 Å². The molecule has 1 aliphatic rings. The third kappa shape index (κ3) is 5.84. The fourth-order valence-corrected chi connectivity index (χ4v) is 5.57. The first-order chi connectivity index (χ1) is 13.7. The van der Waals surface area contributed by atoms with Gasteiger partial charge in [-0.2, -0.15) is 0 Å². The fourth-order valence-electron chi connectivity index (χ4n) is 4.30. The Labute approximate surface area is 181 Å². The molecule has 1 fully saturated rings. The molecule has 1 saturated carbocycles. The highest BCUT2D eigenvalue weighted by Crippen LogP contribution is 2.50. The van der Waals surface area contributed by atoms with Crippen LogP contribution in [0.3, 0.4) is 0 Å². The van der Waals surface area contributed by atoms with Crippen molar-refractivity contribution >= 4 is 19.5 Å². The molecule has 0 spiro atoms. The summed E-state index contributed by atoms with van der Waals surface area (Å²) in [5.74, 6) is 0.118. The lowest BCUT2D eigenvalue weighted by Crippen LogP contribution is -2.27. The van der Waals surface area contributed by atoms with Crippen LogP contribution in [0.4, 0.5) is 0 Å². The van der Waals surface area contributed by atoms with Crippen LogP contribution in [-0.2, 0) is 20.2 Å². The van der Waals surface area contributed by atoms with E-state index in [4.69, 9.17) is 4.74 Å². The molecule has 0 aromatic heterocycles. The third-order valence-corrected chi connectivity index (χ3v) is 7.27. The van der Waals surface area contributed by atoms with E-state index in [2.05, 4.69) is 41.5 Å². The molecular weight excluding hydrogens is 399 g/mol. The summed E-state index contributed by atoms with van der Waals surface area (Å²) in [4.78, 5) is 32.5. The van der Waals surface area contributed by atoms with Crippen LogP contribution in [0.25, 0.3) is 6.08 Å². The highest BCUT2D eigenvalue weighted by molar-refractivity contribution is 7.53. The lowest BCUT2D eigenvalue weighted by atomic mass is 9.78. The number of hydrogen-bond acceptors (Lipinski definition) is 3. The van der Waals surface area contributed by atoms with Crippen LogP contribution in [0, 0.1) is 5.92 Å². The summed E-state index contributed by atoms with van der Waals surface area (Å²) in [6.45, 7) is 12.7. The minimum Gasteiger partial charge on any atom is -0.496 e. The molecule has 1 aromatic carbocycles. The van der Waals surface area contributed by atoms with Crippen LogP contribution in [0.5, 0.6) is 5.75 Å². The van der Waals surface area contributed by atoms with Gasteiger partial charge in [0.15, 0.2) is 5.78 Å². The van der Waals surface area contributed by atoms with Gasteiger partial charge >= 0.3 is 7.60 Å². The molecule has 0 amide bonds. The van der Waals surface area contributed by atoms with E-state index in [1.54, 1.807) is 13.2 Å². The van der Waals surface area contributed by atoms with Crippen LogP contribution >= 0.6 is 7.60 Å². The number of ether oxygens (including phenoxy) is 1. The van der Waals surface area contributed by atoms with Gasteiger partial charge in [-0.3, -0.25) is 9.36 Å². The Hall–Kier alpha value is -1.42. The number of carbonyl (C=O) groups excluding carboxylic acids is 1. The summed E-state index contributed by atoms with van der Waals surface area (Å²) < 4.78 is 17.8. The number of allylic oxidation sites excluding steroid dienone is 1. The summed E-state index contributed by atoms with van der Waals surface area (Å²) >= 11 is 0. The SMILES string of the molecule is COc1c(C(C)(C)C)cc(/C=C/C(=O)C(C2CCCC2)P(=O)(O)O)cc1C(C)(C)C. The maximum atomic E-state index is 12.8. The van der Waals surface area contributed by atoms with E-state index in [1.165, 1.54) is 6.08 Å². The van der Waals surface area contributed by atoms with Gasteiger partial charge in [-0.1, -0.05) is 60.5 Å². The van der Waals surface area contributed by atoms with E-state index in [9.17, 15) is 19.1 Å². The van der Waals surface area contributed by atoms with Crippen molar-refractivity contribution in [3.05, 3.63) is 34.9 Å². The zero-order valence-electron chi connectivity index (χ0n) is 19.4. The Bertz CT molecular complexity index is 810. The van der Waals surface area contributed by atoms with Crippen molar-refractivity contribution in [3.63, 3.8) is 0 Å². The van der Waals surface area contributed by atoms with Crippen molar-refractivity contribution in [3.8, 4) is 5.75 Å². The van der Waals surface area contributed by atoms with E-state index < -0.39 is 19.0 Å². The molecule has 1 atom stereocenters. The molecule has 0 saturated heterocycles. The molecule has 2 N–H and O–H groups in total. The van der Waals surface area contributed by atoms with Crippen molar-refractivity contribution in [2.45, 2.75) is 83.7 Å². The monoisotopic (exact) mass is 436 g/mol. The van der Waals surface area contributed by atoms with E-state index in [0.29, 0.717) is 12.8 Å². The number of rotatable bonds is 6. The molecule has 168 valence electrons. The molecule has 0 heterocycles. The van der Waals surface area contributed by atoms with Crippen molar-refractivity contribution < 1.29 is 23.9 Å².